The predicted molar refractivity (Wildman–Crippen MR) is 99.6 cm³/mol. The quantitative estimate of drug-likeness (QED) is 0.926. The Morgan fingerprint density at radius 3 is 2.88 bits per heavy atom. The molecule has 0 saturated heterocycles. The van der Waals surface area contributed by atoms with E-state index in [1.54, 1.807) is 17.9 Å². The number of amides is 2. The van der Waals surface area contributed by atoms with Gasteiger partial charge in [0.15, 0.2) is 0 Å². The molecule has 4 rings (SSSR count). The van der Waals surface area contributed by atoms with Crippen molar-refractivity contribution in [3.05, 3.63) is 59.2 Å². The van der Waals surface area contributed by atoms with E-state index >= 15 is 0 Å². The van der Waals surface area contributed by atoms with Crippen LogP contribution in [0.25, 0.3) is 0 Å². The van der Waals surface area contributed by atoms with Crippen molar-refractivity contribution in [3.8, 4) is 5.75 Å². The molecule has 0 aliphatic carbocycles. The Balaban J connectivity index is 1.38. The van der Waals surface area contributed by atoms with Crippen LogP contribution >= 0.6 is 0 Å². The van der Waals surface area contributed by atoms with Crippen LogP contribution in [-0.2, 0) is 17.6 Å². The molecule has 0 aromatic heterocycles. The van der Waals surface area contributed by atoms with Gasteiger partial charge in [0.2, 0.25) is 5.91 Å². The van der Waals surface area contributed by atoms with Crippen LogP contribution in [0, 0.1) is 5.92 Å². The molecule has 2 amide bonds. The van der Waals surface area contributed by atoms with Gasteiger partial charge in [0, 0.05) is 37.2 Å². The zero-order valence-electron chi connectivity index (χ0n) is 14.8. The second-order valence-corrected chi connectivity index (χ2v) is 6.96. The molecule has 2 aliphatic heterocycles. The van der Waals surface area contributed by atoms with Crippen LogP contribution < -0.4 is 15.0 Å². The minimum atomic E-state index is -0.0760. The first-order valence-corrected chi connectivity index (χ1v) is 9.02. The highest BCUT2D eigenvalue weighted by Crippen LogP contribution is 2.29. The van der Waals surface area contributed by atoms with Crippen molar-refractivity contribution in [3.63, 3.8) is 0 Å². The largest absolute Gasteiger partial charge is 0.493 e. The third-order valence-electron chi connectivity index (χ3n) is 5.12. The molecule has 0 bridgehead atoms. The van der Waals surface area contributed by atoms with Crippen molar-refractivity contribution in [1.29, 1.82) is 0 Å². The van der Waals surface area contributed by atoms with E-state index in [0.717, 1.165) is 29.8 Å². The topological polar surface area (TPSA) is 58.6 Å². The first-order valence-electron chi connectivity index (χ1n) is 9.02. The van der Waals surface area contributed by atoms with Crippen molar-refractivity contribution in [2.24, 2.45) is 5.92 Å². The van der Waals surface area contributed by atoms with Gasteiger partial charge in [0.1, 0.15) is 5.75 Å². The minimum absolute atomic E-state index is 0.0403. The van der Waals surface area contributed by atoms with Gasteiger partial charge in [-0.05, 0) is 48.2 Å². The van der Waals surface area contributed by atoms with Crippen molar-refractivity contribution in [2.75, 3.05) is 24.6 Å². The maximum atomic E-state index is 12.5. The van der Waals surface area contributed by atoms with Crippen LogP contribution in [0.15, 0.2) is 42.5 Å². The Morgan fingerprint density at radius 2 is 2.04 bits per heavy atom. The fourth-order valence-corrected chi connectivity index (χ4v) is 3.73. The molecular formula is C21H22N2O3. The summed E-state index contributed by atoms with van der Waals surface area (Å²) in [6.07, 6.45) is 1.71. The number of hydrogen-bond acceptors (Lipinski definition) is 3. The van der Waals surface area contributed by atoms with E-state index in [1.165, 1.54) is 5.56 Å². The summed E-state index contributed by atoms with van der Waals surface area (Å²) in [6, 6.07) is 13.6. The number of rotatable bonds is 3. The summed E-state index contributed by atoms with van der Waals surface area (Å²) in [4.78, 5) is 25.9. The predicted octanol–water partition coefficient (Wildman–Crippen LogP) is 2.58. The molecule has 1 unspecified atom stereocenters. The smallest absolute Gasteiger partial charge is 0.251 e. The number of nitrogens with one attached hydrogen (secondary N) is 1. The lowest BCUT2D eigenvalue weighted by Gasteiger charge is -2.25. The molecule has 2 aromatic rings. The van der Waals surface area contributed by atoms with Crippen molar-refractivity contribution in [1.82, 2.24) is 5.32 Å². The number of ether oxygens (including phenoxy) is 1. The molecular weight excluding hydrogens is 328 g/mol. The molecule has 0 saturated carbocycles. The molecule has 1 atom stereocenters. The van der Waals surface area contributed by atoms with Gasteiger partial charge in [-0.2, -0.15) is 0 Å². The van der Waals surface area contributed by atoms with Gasteiger partial charge in [-0.25, -0.2) is 0 Å². The van der Waals surface area contributed by atoms with Crippen LogP contribution in [0.3, 0.4) is 0 Å². The van der Waals surface area contributed by atoms with Crippen LogP contribution in [0.2, 0.25) is 0 Å². The van der Waals surface area contributed by atoms with Crippen LogP contribution in [0.1, 0.15) is 28.4 Å². The number of benzene rings is 2. The van der Waals surface area contributed by atoms with E-state index in [1.807, 2.05) is 30.3 Å². The highest BCUT2D eigenvalue weighted by atomic mass is 16.5. The van der Waals surface area contributed by atoms with Gasteiger partial charge in [-0.3, -0.25) is 9.59 Å². The van der Waals surface area contributed by atoms with Crippen LogP contribution in [0.5, 0.6) is 5.75 Å². The molecule has 2 heterocycles. The summed E-state index contributed by atoms with van der Waals surface area (Å²) in [5, 5.41) is 3.03. The molecule has 2 aliphatic rings. The normalized spacial score (nSPS) is 17.9. The molecule has 2 aromatic carbocycles. The molecule has 1 N–H and O–H groups in total. The molecule has 5 heteroatoms. The van der Waals surface area contributed by atoms with Gasteiger partial charge in [-0.1, -0.05) is 18.2 Å². The lowest BCUT2D eigenvalue weighted by Crippen LogP contribution is -2.34. The first kappa shape index (κ1) is 16.6. The number of para-hydroxylation sites is 1. The first-order chi connectivity index (χ1) is 12.6. The molecule has 0 radical (unpaired) electrons. The highest BCUT2D eigenvalue weighted by molar-refractivity contribution is 5.97. The van der Waals surface area contributed by atoms with Crippen molar-refractivity contribution in [2.45, 2.75) is 19.8 Å². The number of carbonyl (C=O) groups is 2. The molecule has 26 heavy (non-hydrogen) atoms. The average molecular weight is 350 g/mol. The maximum absolute atomic E-state index is 12.5. The zero-order valence-corrected chi connectivity index (χ0v) is 14.8. The Morgan fingerprint density at radius 1 is 1.19 bits per heavy atom. The van der Waals surface area contributed by atoms with E-state index < -0.39 is 0 Å². The molecule has 0 fully saturated rings. The van der Waals surface area contributed by atoms with Crippen molar-refractivity contribution >= 4 is 17.5 Å². The Labute approximate surface area is 153 Å². The minimum Gasteiger partial charge on any atom is -0.493 e. The number of nitrogens with zero attached hydrogens (tertiary/aromatic N) is 1. The fourth-order valence-electron chi connectivity index (χ4n) is 3.73. The van der Waals surface area contributed by atoms with Gasteiger partial charge in [-0.15, -0.1) is 0 Å². The SMILES string of the molecule is CC(=O)N1CCc2cc(C(=O)NCC3COc4ccccc4C3)ccc21. The van der Waals surface area contributed by atoms with Gasteiger partial charge in [0.25, 0.3) is 5.91 Å². The monoisotopic (exact) mass is 350 g/mol. The van der Waals surface area contributed by atoms with E-state index in [0.29, 0.717) is 25.3 Å². The highest BCUT2D eigenvalue weighted by Gasteiger charge is 2.24. The second kappa shape index (κ2) is 6.83. The van der Waals surface area contributed by atoms with Crippen LogP contribution in [-0.4, -0.2) is 31.5 Å². The summed E-state index contributed by atoms with van der Waals surface area (Å²) in [5.74, 6) is 1.19. The molecule has 5 nitrogen and oxygen atoms in total. The lowest BCUT2D eigenvalue weighted by atomic mass is 9.96. The average Bonchev–Trinajstić information content (AvgIpc) is 3.09. The summed E-state index contributed by atoms with van der Waals surface area (Å²) in [6.45, 7) is 3.47. The molecule has 0 spiro atoms. The van der Waals surface area contributed by atoms with Gasteiger partial charge >= 0.3 is 0 Å². The number of fused-ring (bicyclic) bond motifs is 2. The summed E-state index contributed by atoms with van der Waals surface area (Å²) >= 11 is 0. The second-order valence-electron chi connectivity index (χ2n) is 6.96. The number of hydrogen-bond donors (Lipinski definition) is 1. The lowest BCUT2D eigenvalue weighted by molar-refractivity contribution is -0.116. The Bertz CT molecular complexity index is 862. The van der Waals surface area contributed by atoms with Crippen molar-refractivity contribution < 1.29 is 14.3 Å². The van der Waals surface area contributed by atoms with E-state index in [-0.39, 0.29) is 17.7 Å². The van der Waals surface area contributed by atoms with E-state index in [4.69, 9.17) is 4.74 Å². The number of anilines is 1. The van der Waals surface area contributed by atoms with E-state index in [9.17, 15) is 9.59 Å². The fraction of sp³-hybridized carbons (Fsp3) is 0.333. The summed E-state index contributed by atoms with van der Waals surface area (Å²) in [5.41, 5.74) is 3.82. The van der Waals surface area contributed by atoms with Gasteiger partial charge < -0.3 is 15.0 Å². The molecule has 134 valence electrons. The summed E-state index contributed by atoms with van der Waals surface area (Å²) < 4.78 is 5.78. The zero-order chi connectivity index (χ0) is 18.1. The number of carbonyl (C=O) groups excluding carboxylic acids is 2. The third-order valence-corrected chi connectivity index (χ3v) is 5.12. The Hall–Kier alpha value is -2.82. The van der Waals surface area contributed by atoms with Gasteiger partial charge in [0.05, 0.1) is 6.61 Å². The van der Waals surface area contributed by atoms with E-state index in [2.05, 4.69) is 11.4 Å². The third kappa shape index (κ3) is 3.17. The van der Waals surface area contributed by atoms with Crippen LogP contribution in [0.4, 0.5) is 5.69 Å². The maximum Gasteiger partial charge on any atom is 0.251 e. The Kier molecular flexibility index (Phi) is 4.37. The standard InChI is InChI=1S/C21H22N2O3/c1-14(24)23-9-8-16-11-18(6-7-19(16)23)21(25)22-12-15-10-17-4-2-3-5-20(17)26-13-15/h2-7,11,15H,8-10,12-13H2,1H3,(H,22,25). The summed E-state index contributed by atoms with van der Waals surface area (Å²) in [7, 11) is 0.